The molecular formula is C17H24N4O4. The molecule has 1 atom stereocenters. The molecule has 2 aliphatic heterocycles. The molecule has 2 amide bonds. The van der Waals surface area contributed by atoms with Crippen molar-refractivity contribution < 1.29 is 14.3 Å². The van der Waals surface area contributed by atoms with Crippen molar-refractivity contribution in [3.8, 4) is 0 Å². The van der Waals surface area contributed by atoms with E-state index >= 15 is 0 Å². The number of nitrogens with two attached hydrogens (primary N) is 1. The van der Waals surface area contributed by atoms with Crippen LogP contribution in [-0.2, 0) is 9.53 Å². The Kier molecular flexibility index (Phi) is 5.50. The van der Waals surface area contributed by atoms with Crippen molar-refractivity contribution in [3.05, 3.63) is 34.2 Å². The fourth-order valence-electron chi connectivity index (χ4n) is 3.51. The summed E-state index contributed by atoms with van der Waals surface area (Å²) >= 11 is 0. The first-order chi connectivity index (χ1) is 12.0. The predicted molar refractivity (Wildman–Crippen MR) is 91.1 cm³/mol. The van der Waals surface area contributed by atoms with Crippen LogP contribution in [0, 0.1) is 5.92 Å². The van der Waals surface area contributed by atoms with Crippen LogP contribution in [0.2, 0.25) is 0 Å². The number of rotatable bonds is 3. The van der Waals surface area contributed by atoms with Crippen molar-refractivity contribution in [2.45, 2.75) is 18.9 Å². The van der Waals surface area contributed by atoms with Crippen molar-refractivity contribution in [2.24, 2.45) is 11.7 Å². The summed E-state index contributed by atoms with van der Waals surface area (Å²) in [5, 5.41) is 0. The molecule has 2 fully saturated rings. The number of aromatic nitrogens is 1. The number of hydrogen-bond donors (Lipinski definition) is 2. The molecule has 0 saturated carbocycles. The number of hydrogen-bond acceptors (Lipinski definition) is 5. The standard InChI is InChI=1S/C17H24N4O4/c18-16(23)13-10-20(14-3-7-25-8-4-14)5-6-21(11-13)17(24)12-1-2-15(22)19-9-12/h1-2,9,13-14H,3-8,10-11H2,(H2,18,23)(H,19,22)/t13-/m1/s1. The van der Waals surface area contributed by atoms with Crippen LogP contribution in [0.5, 0.6) is 0 Å². The molecule has 136 valence electrons. The molecule has 3 N–H and O–H groups in total. The highest BCUT2D eigenvalue weighted by Gasteiger charge is 2.32. The third-order valence-corrected chi connectivity index (χ3v) is 4.98. The van der Waals surface area contributed by atoms with Gasteiger partial charge in [-0.05, 0) is 18.9 Å². The minimum atomic E-state index is -0.406. The van der Waals surface area contributed by atoms with E-state index in [9.17, 15) is 14.4 Å². The number of nitrogens with zero attached hydrogens (tertiary/aromatic N) is 2. The normalized spacial score (nSPS) is 23.2. The lowest BCUT2D eigenvalue weighted by atomic mass is 10.0. The number of amides is 2. The van der Waals surface area contributed by atoms with E-state index in [1.807, 2.05) is 0 Å². The second-order valence-corrected chi connectivity index (χ2v) is 6.63. The van der Waals surface area contributed by atoms with Crippen LogP contribution >= 0.6 is 0 Å². The zero-order chi connectivity index (χ0) is 17.8. The van der Waals surface area contributed by atoms with Crippen molar-refractivity contribution in [3.63, 3.8) is 0 Å². The highest BCUT2D eigenvalue weighted by atomic mass is 16.5. The maximum Gasteiger partial charge on any atom is 0.255 e. The zero-order valence-corrected chi connectivity index (χ0v) is 14.1. The molecule has 8 nitrogen and oxygen atoms in total. The minimum Gasteiger partial charge on any atom is -0.381 e. The van der Waals surface area contributed by atoms with Gasteiger partial charge < -0.3 is 20.4 Å². The number of primary amides is 1. The van der Waals surface area contributed by atoms with Crippen LogP contribution in [0.15, 0.2) is 23.1 Å². The first kappa shape index (κ1) is 17.6. The van der Waals surface area contributed by atoms with Gasteiger partial charge in [0.2, 0.25) is 11.5 Å². The first-order valence-corrected chi connectivity index (χ1v) is 8.63. The van der Waals surface area contributed by atoms with E-state index in [1.165, 1.54) is 18.3 Å². The van der Waals surface area contributed by atoms with Crippen molar-refractivity contribution in [1.29, 1.82) is 0 Å². The fourth-order valence-corrected chi connectivity index (χ4v) is 3.51. The molecule has 1 aromatic rings. The van der Waals surface area contributed by atoms with E-state index in [-0.39, 0.29) is 11.5 Å². The third-order valence-electron chi connectivity index (χ3n) is 4.98. The molecule has 3 heterocycles. The Labute approximate surface area is 145 Å². The molecule has 0 unspecified atom stereocenters. The molecular weight excluding hydrogens is 324 g/mol. The summed E-state index contributed by atoms with van der Waals surface area (Å²) in [4.78, 5) is 42.2. The molecule has 3 rings (SSSR count). The van der Waals surface area contributed by atoms with Gasteiger partial charge in [0.25, 0.3) is 5.91 Å². The van der Waals surface area contributed by atoms with E-state index < -0.39 is 11.8 Å². The van der Waals surface area contributed by atoms with E-state index in [4.69, 9.17) is 10.5 Å². The monoisotopic (exact) mass is 348 g/mol. The number of aromatic amines is 1. The molecule has 8 heteroatoms. The lowest BCUT2D eigenvalue weighted by molar-refractivity contribution is -0.122. The van der Waals surface area contributed by atoms with Gasteiger partial charge in [0, 0.05) is 57.7 Å². The maximum atomic E-state index is 12.7. The first-order valence-electron chi connectivity index (χ1n) is 8.63. The fraction of sp³-hybridized carbons (Fsp3) is 0.588. The van der Waals surface area contributed by atoms with Gasteiger partial charge in [-0.25, -0.2) is 0 Å². The molecule has 0 bridgehead atoms. The van der Waals surface area contributed by atoms with Gasteiger partial charge in [-0.1, -0.05) is 0 Å². The second-order valence-electron chi connectivity index (χ2n) is 6.63. The number of pyridine rings is 1. The molecule has 0 spiro atoms. The smallest absolute Gasteiger partial charge is 0.255 e. The minimum absolute atomic E-state index is 0.198. The van der Waals surface area contributed by atoms with Gasteiger partial charge in [0.05, 0.1) is 11.5 Å². The van der Waals surface area contributed by atoms with Crippen LogP contribution in [0.3, 0.4) is 0 Å². The Bertz CT molecular complexity index is 663. The van der Waals surface area contributed by atoms with Gasteiger partial charge in [0.1, 0.15) is 0 Å². The van der Waals surface area contributed by atoms with Crippen LogP contribution < -0.4 is 11.3 Å². The van der Waals surface area contributed by atoms with Crippen LogP contribution in [0.1, 0.15) is 23.2 Å². The largest absolute Gasteiger partial charge is 0.381 e. The number of carbonyl (C=O) groups is 2. The van der Waals surface area contributed by atoms with Crippen LogP contribution in [0.4, 0.5) is 0 Å². The SMILES string of the molecule is NC(=O)[C@H]1CN(C(=O)c2ccc(=O)[nH]c2)CCN(C2CCOCC2)C1. The molecule has 0 radical (unpaired) electrons. The summed E-state index contributed by atoms with van der Waals surface area (Å²) in [5.74, 6) is -0.994. The Balaban J connectivity index is 1.74. The highest BCUT2D eigenvalue weighted by molar-refractivity contribution is 5.94. The Morgan fingerprint density at radius 3 is 2.56 bits per heavy atom. The summed E-state index contributed by atoms with van der Waals surface area (Å²) in [6.07, 6.45) is 3.27. The predicted octanol–water partition coefficient (Wildman–Crippen LogP) is -0.587. The van der Waals surface area contributed by atoms with Gasteiger partial charge in [-0.15, -0.1) is 0 Å². The Morgan fingerprint density at radius 1 is 1.16 bits per heavy atom. The molecule has 1 aromatic heterocycles. The van der Waals surface area contributed by atoms with Gasteiger partial charge in [0.15, 0.2) is 0 Å². The summed E-state index contributed by atoms with van der Waals surface area (Å²) < 4.78 is 5.41. The third kappa shape index (κ3) is 4.26. The van der Waals surface area contributed by atoms with E-state index in [0.717, 1.165) is 26.1 Å². The quantitative estimate of drug-likeness (QED) is 0.759. The van der Waals surface area contributed by atoms with Gasteiger partial charge in [-0.3, -0.25) is 19.3 Å². The van der Waals surface area contributed by atoms with Gasteiger partial charge in [-0.2, -0.15) is 0 Å². The van der Waals surface area contributed by atoms with Crippen molar-refractivity contribution in [2.75, 3.05) is 39.4 Å². The van der Waals surface area contributed by atoms with E-state index in [0.29, 0.717) is 37.8 Å². The Hall–Kier alpha value is -2.19. The van der Waals surface area contributed by atoms with Crippen molar-refractivity contribution in [1.82, 2.24) is 14.8 Å². The van der Waals surface area contributed by atoms with Crippen LogP contribution in [-0.4, -0.2) is 72.0 Å². The summed E-state index contributed by atoms with van der Waals surface area (Å²) in [6.45, 7) is 3.54. The topological polar surface area (TPSA) is 109 Å². The number of ether oxygens (including phenoxy) is 1. The van der Waals surface area contributed by atoms with Crippen LogP contribution in [0.25, 0.3) is 0 Å². The van der Waals surface area contributed by atoms with E-state index in [2.05, 4.69) is 9.88 Å². The zero-order valence-electron chi connectivity index (χ0n) is 14.1. The van der Waals surface area contributed by atoms with Gasteiger partial charge >= 0.3 is 0 Å². The summed E-state index contributed by atoms with van der Waals surface area (Å²) in [6, 6.07) is 3.19. The maximum absolute atomic E-state index is 12.7. The average molecular weight is 348 g/mol. The summed E-state index contributed by atoms with van der Waals surface area (Å²) in [7, 11) is 0. The highest BCUT2D eigenvalue weighted by Crippen LogP contribution is 2.20. The lowest BCUT2D eigenvalue weighted by Crippen LogP contribution is -2.44. The number of nitrogens with one attached hydrogen (secondary N) is 1. The van der Waals surface area contributed by atoms with Crippen molar-refractivity contribution >= 4 is 11.8 Å². The molecule has 0 aromatic carbocycles. The van der Waals surface area contributed by atoms with E-state index in [1.54, 1.807) is 4.90 Å². The lowest BCUT2D eigenvalue weighted by Gasteiger charge is -2.34. The molecule has 2 saturated heterocycles. The average Bonchev–Trinajstić information content (AvgIpc) is 2.86. The molecule has 2 aliphatic rings. The molecule has 25 heavy (non-hydrogen) atoms. The summed E-state index contributed by atoms with van der Waals surface area (Å²) in [5.41, 5.74) is 5.72. The molecule has 0 aliphatic carbocycles. The second kappa shape index (κ2) is 7.79. The number of H-pyrrole nitrogens is 1. The Morgan fingerprint density at radius 2 is 1.92 bits per heavy atom. The number of carbonyl (C=O) groups excluding carboxylic acids is 2.